The summed E-state index contributed by atoms with van der Waals surface area (Å²) >= 11 is 5.79. The fraction of sp³-hybridized carbons (Fsp3) is 0.0833. The molecule has 0 aliphatic carbocycles. The van der Waals surface area contributed by atoms with Gasteiger partial charge in [-0.15, -0.1) is 0 Å². The third-order valence-electron chi connectivity index (χ3n) is 2.43. The SMILES string of the molecule is Cc1cc(C(=N)N)nc(Oc2ccc([N+](=O)[O-])c(Cl)c2)n1. The highest BCUT2D eigenvalue weighted by Gasteiger charge is 2.14. The van der Waals surface area contributed by atoms with Crippen molar-refractivity contribution >= 4 is 23.1 Å². The van der Waals surface area contributed by atoms with Crippen LogP contribution in [0.1, 0.15) is 11.4 Å². The van der Waals surface area contributed by atoms with Crippen LogP contribution in [-0.4, -0.2) is 20.7 Å². The Morgan fingerprint density at radius 3 is 2.71 bits per heavy atom. The van der Waals surface area contributed by atoms with Gasteiger partial charge in [-0.3, -0.25) is 15.5 Å². The molecule has 0 aliphatic rings. The van der Waals surface area contributed by atoms with Gasteiger partial charge in [0, 0.05) is 17.8 Å². The first-order valence-corrected chi connectivity index (χ1v) is 6.06. The smallest absolute Gasteiger partial charge is 0.322 e. The molecule has 1 aromatic heterocycles. The first kappa shape index (κ1) is 14.7. The van der Waals surface area contributed by atoms with Crippen molar-refractivity contribution in [1.82, 2.24) is 9.97 Å². The van der Waals surface area contributed by atoms with Crippen LogP contribution in [-0.2, 0) is 0 Å². The summed E-state index contributed by atoms with van der Waals surface area (Å²) in [6.45, 7) is 1.70. The molecule has 0 spiro atoms. The summed E-state index contributed by atoms with van der Waals surface area (Å²) in [6, 6.07) is 5.41. The fourth-order valence-corrected chi connectivity index (χ4v) is 1.77. The standard InChI is InChI=1S/C12H10ClN5O3/c1-6-4-9(11(14)15)17-12(16-6)21-7-2-3-10(18(19)20)8(13)5-7/h2-5H,1H3,(H3,14,15). The van der Waals surface area contributed by atoms with Crippen LogP contribution in [0, 0.1) is 22.4 Å². The van der Waals surface area contributed by atoms with Gasteiger partial charge in [-0.2, -0.15) is 4.98 Å². The van der Waals surface area contributed by atoms with E-state index in [1.54, 1.807) is 6.92 Å². The van der Waals surface area contributed by atoms with Crippen molar-refractivity contribution in [2.45, 2.75) is 6.92 Å². The Bertz CT molecular complexity index is 735. The summed E-state index contributed by atoms with van der Waals surface area (Å²) in [5.74, 6) is 0.0257. The average molecular weight is 308 g/mol. The summed E-state index contributed by atoms with van der Waals surface area (Å²) in [5.41, 5.74) is 5.94. The van der Waals surface area contributed by atoms with E-state index in [-0.39, 0.29) is 34.0 Å². The number of halogens is 1. The molecule has 0 aliphatic heterocycles. The Labute approximate surface area is 124 Å². The molecule has 2 rings (SSSR count). The van der Waals surface area contributed by atoms with E-state index in [9.17, 15) is 10.1 Å². The van der Waals surface area contributed by atoms with Gasteiger partial charge in [0.2, 0.25) is 0 Å². The maximum absolute atomic E-state index is 10.7. The van der Waals surface area contributed by atoms with E-state index in [1.807, 2.05) is 0 Å². The number of nitrogen functional groups attached to an aromatic ring is 1. The second kappa shape index (κ2) is 5.71. The highest BCUT2D eigenvalue weighted by atomic mass is 35.5. The van der Waals surface area contributed by atoms with Gasteiger partial charge in [-0.25, -0.2) is 4.98 Å². The van der Waals surface area contributed by atoms with Crippen molar-refractivity contribution in [2.75, 3.05) is 0 Å². The number of hydrogen-bond donors (Lipinski definition) is 2. The zero-order valence-corrected chi connectivity index (χ0v) is 11.6. The Hall–Kier alpha value is -2.74. The molecule has 0 radical (unpaired) electrons. The van der Waals surface area contributed by atoms with Gasteiger partial charge in [0.05, 0.1) is 4.92 Å². The van der Waals surface area contributed by atoms with Crippen LogP contribution >= 0.6 is 11.6 Å². The lowest BCUT2D eigenvalue weighted by Crippen LogP contribution is -2.14. The second-order valence-electron chi connectivity index (χ2n) is 4.06. The molecule has 1 heterocycles. The first-order valence-electron chi connectivity index (χ1n) is 5.68. The number of nitrogens with zero attached hydrogens (tertiary/aromatic N) is 3. The number of nitrogens with one attached hydrogen (secondary N) is 1. The van der Waals surface area contributed by atoms with Crippen LogP contribution in [0.5, 0.6) is 11.8 Å². The van der Waals surface area contributed by atoms with Crippen LogP contribution in [0.2, 0.25) is 5.02 Å². The summed E-state index contributed by atoms with van der Waals surface area (Å²) in [4.78, 5) is 18.1. The Morgan fingerprint density at radius 2 is 2.14 bits per heavy atom. The Kier molecular flexibility index (Phi) is 3.99. The molecule has 0 atom stereocenters. The third kappa shape index (κ3) is 3.42. The van der Waals surface area contributed by atoms with Crippen molar-refractivity contribution < 1.29 is 9.66 Å². The molecular formula is C12H10ClN5O3. The summed E-state index contributed by atoms with van der Waals surface area (Å²) in [7, 11) is 0. The lowest BCUT2D eigenvalue weighted by atomic mass is 10.3. The van der Waals surface area contributed by atoms with Gasteiger partial charge in [-0.1, -0.05) is 11.6 Å². The molecule has 3 N–H and O–H groups in total. The van der Waals surface area contributed by atoms with E-state index in [0.29, 0.717) is 5.69 Å². The van der Waals surface area contributed by atoms with E-state index < -0.39 is 4.92 Å². The zero-order chi connectivity index (χ0) is 15.6. The van der Waals surface area contributed by atoms with Crippen LogP contribution < -0.4 is 10.5 Å². The number of aromatic nitrogens is 2. The van der Waals surface area contributed by atoms with Gasteiger partial charge >= 0.3 is 6.01 Å². The number of nitrogens with two attached hydrogens (primary N) is 1. The molecule has 9 heteroatoms. The van der Waals surface area contributed by atoms with E-state index in [2.05, 4.69) is 9.97 Å². The maximum atomic E-state index is 10.7. The molecule has 2 aromatic rings. The minimum Gasteiger partial charge on any atom is -0.424 e. The predicted octanol–water partition coefficient (Wildman–Crippen LogP) is 2.42. The molecule has 0 fully saturated rings. The number of rotatable bonds is 4. The maximum Gasteiger partial charge on any atom is 0.322 e. The molecule has 0 amide bonds. The lowest BCUT2D eigenvalue weighted by molar-refractivity contribution is -0.384. The molecule has 108 valence electrons. The lowest BCUT2D eigenvalue weighted by Gasteiger charge is -2.07. The van der Waals surface area contributed by atoms with Gasteiger partial charge in [0.1, 0.15) is 22.3 Å². The molecule has 1 aromatic carbocycles. The van der Waals surface area contributed by atoms with E-state index in [0.717, 1.165) is 0 Å². The normalized spacial score (nSPS) is 10.2. The van der Waals surface area contributed by atoms with E-state index >= 15 is 0 Å². The molecule has 0 unspecified atom stereocenters. The summed E-state index contributed by atoms with van der Waals surface area (Å²) in [5, 5.41) is 18.0. The highest BCUT2D eigenvalue weighted by Crippen LogP contribution is 2.30. The molecular weight excluding hydrogens is 298 g/mol. The van der Waals surface area contributed by atoms with Crippen LogP contribution in [0.25, 0.3) is 0 Å². The molecule has 8 nitrogen and oxygen atoms in total. The quantitative estimate of drug-likeness (QED) is 0.386. The molecule has 0 bridgehead atoms. The van der Waals surface area contributed by atoms with Crippen molar-refractivity contribution in [1.29, 1.82) is 5.41 Å². The number of hydrogen-bond acceptors (Lipinski definition) is 6. The van der Waals surface area contributed by atoms with Crippen LogP contribution in [0.4, 0.5) is 5.69 Å². The monoisotopic (exact) mass is 307 g/mol. The minimum atomic E-state index is -0.594. The van der Waals surface area contributed by atoms with Crippen LogP contribution in [0.3, 0.4) is 0 Å². The van der Waals surface area contributed by atoms with Crippen molar-refractivity contribution in [2.24, 2.45) is 5.73 Å². The topological polar surface area (TPSA) is 128 Å². The highest BCUT2D eigenvalue weighted by molar-refractivity contribution is 6.32. The van der Waals surface area contributed by atoms with Crippen LogP contribution in [0.15, 0.2) is 24.3 Å². The number of aryl methyl sites for hydroxylation is 1. The van der Waals surface area contributed by atoms with E-state index in [4.69, 9.17) is 27.5 Å². The molecule has 21 heavy (non-hydrogen) atoms. The van der Waals surface area contributed by atoms with Gasteiger partial charge < -0.3 is 10.5 Å². The van der Waals surface area contributed by atoms with Crippen molar-refractivity contribution in [3.63, 3.8) is 0 Å². The van der Waals surface area contributed by atoms with Crippen molar-refractivity contribution in [3.8, 4) is 11.8 Å². The molecule has 0 saturated heterocycles. The van der Waals surface area contributed by atoms with Gasteiger partial charge in [-0.05, 0) is 19.1 Å². The minimum absolute atomic E-state index is 0.0230. The van der Waals surface area contributed by atoms with E-state index in [1.165, 1.54) is 24.3 Å². The largest absolute Gasteiger partial charge is 0.424 e. The van der Waals surface area contributed by atoms with Crippen molar-refractivity contribution in [3.05, 3.63) is 50.8 Å². The number of ether oxygens (including phenoxy) is 1. The number of benzene rings is 1. The van der Waals surface area contributed by atoms with Gasteiger partial charge in [0.15, 0.2) is 0 Å². The third-order valence-corrected chi connectivity index (χ3v) is 2.74. The Morgan fingerprint density at radius 1 is 1.43 bits per heavy atom. The average Bonchev–Trinajstić information content (AvgIpc) is 2.37. The summed E-state index contributed by atoms with van der Waals surface area (Å²) in [6.07, 6.45) is 0. The molecule has 0 saturated carbocycles. The summed E-state index contributed by atoms with van der Waals surface area (Å²) < 4.78 is 5.38. The fourth-order valence-electron chi connectivity index (χ4n) is 1.53. The zero-order valence-electron chi connectivity index (χ0n) is 10.8. The van der Waals surface area contributed by atoms with Gasteiger partial charge in [0.25, 0.3) is 5.69 Å². The predicted molar refractivity (Wildman–Crippen MR) is 76.0 cm³/mol. The first-order chi connectivity index (χ1) is 9.86. The number of amidine groups is 1. The second-order valence-corrected chi connectivity index (χ2v) is 4.47. The Balaban J connectivity index is 2.32. The number of nitro benzene ring substituents is 1. The number of nitro groups is 1.